The summed E-state index contributed by atoms with van der Waals surface area (Å²) in [6, 6.07) is 9.92. The second-order valence-corrected chi connectivity index (χ2v) is 5.49. The van der Waals surface area contributed by atoms with Gasteiger partial charge in [-0.2, -0.15) is 0 Å². The molecule has 0 aliphatic heterocycles. The Morgan fingerprint density at radius 1 is 1.20 bits per heavy atom. The van der Waals surface area contributed by atoms with Crippen LogP contribution in [0.15, 0.2) is 36.5 Å². The number of para-hydroxylation sites is 1. The quantitative estimate of drug-likeness (QED) is 0.781. The van der Waals surface area contributed by atoms with Crippen molar-refractivity contribution in [3.8, 4) is 11.5 Å². The number of hydrogen-bond acceptors (Lipinski definition) is 3. The highest BCUT2D eigenvalue weighted by Crippen LogP contribution is 2.43. The summed E-state index contributed by atoms with van der Waals surface area (Å²) in [6.45, 7) is 0. The molecular formula is C15H13ClN4. The van der Waals surface area contributed by atoms with Crippen LogP contribution in [0.5, 0.6) is 0 Å². The monoisotopic (exact) mass is 284 g/mol. The lowest BCUT2D eigenvalue weighted by molar-refractivity contribution is 0.773. The van der Waals surface area contributed by atoms with Crippen LogP contribution in [0.3, 0.4) is 0 Å². The molecule has 0 unspecified atom stereocenters. The summed E-state index contributed by atoms with van der Waals surface area (Å²) in [4.78, 5) is 9.09. The fourth-order valence-electron chi connectivity index (χ4n) is 2.57. The average Bonchev–Trinajstić information content (AvgIpc) is 3.20. The number of aromatic nitrogens is 3. The Bertz CT molecular complexity index is 805. The first-order valence-electron chi connectivity index (χ1n) is 6.63. The number of nitrogen functional groups attached to an aromatic ring is 1. The topological polar surface area (TPSA) is 56.7 Å². The molecule has 1 saturated carbocycles. The molecule has 20 heavy (non-hydrogen) atoms. The van der Waals surface area contributed by atoms with Gasteiger partial charge >= 0.3 is 0 Å². The fourth-order valence-corrected chi connectivity index (χ4v) is 2.83. The molecule has 2 aromatic heterocycles. The molecule has 4 nitrogen and oxygen atoms in total. The summed E-state index contributed by atoms with van der Waals surface area (Å²) in [5, 5.41) is 0.725. The van der Waals surface area contributed by atoms with Crippen LogP contribution in [0.25, 0.3) is 22.6 Å². The van der Waals surface area contributed by atoms with Gasteiger partial charge < -0.3 is 10.3 Å². The van der Waals surface area contributed by atoms with Gasteiger partial charge in [-0.1, -0.05) is 17.7 Å². The van der Waals surface area contributed by atoms with Crippen molar-refractivity contribution in [2.75, 3.05) is 5.73 Å². The van der Waals surface area contributed by atoms with Gasteiger partial charge in [-0.3, -0.25) is 4.98 Å². The number of pyridine rings is 1. The molecule has 1 aliphatic carbocycles. The van der Waals surface area contributed by atoms with Gasteiger partial charge in [0, 0.05) is 12.2 Å². The van der Waals surface area contributed by atoms with Crippen LogP contribution in [-0.2, 0) is 0 Å². The van der Waals surface area contributed by atoms with Crippen molar-refractivity contribution in [2.45, 2.75) is 18.9 Å². The number of anilines is 1. The van der Waals surface area contributed by atoms with Gasteiger partial charge in [-0.25, -0.2) is 4.98 Å². The highest BCUT2D eigenvalue weighted by Gasteiger charge is 2.30. The maximum Gasteiger partial charge on any atom is 0.162 e. The van der Waals surface area contributed by atoms with Crippen molar-refractivity contribution in [1.29, 1.82) is 0 Å². The zero-order valence-electron chi connectivity index (χ0n) is 10.8. The van der Waals surface area contributed by atoms with Crippen molar-refractivity contribution in [2.24, 2.45) is 0 Å². The Balaban J connectivity index is 2.07. The van der Waals surface area contributed by atoms with Crippen LogP contribution in [0, 0.1) is 0 Å². The first kappa shape index (κ1) is 11.7. The van der Waals surface area contributed by atoms with E-state index in [4.69, 9.17) is 22.3 Å². The molecular weight excluding hydrogens is 272 g/mol. The Kier molecular flexibility index (Phi) is 2.47. The average molecular weight is 285 g/mol. The second-order valence-electron chi connectivity index (χ2n) is 5.09. The standard InChI is InChI=1S/C15H13ClN4/c16-10-3-1-5-12-14(10)20(9-6-7-9)15(19-12)13-11(17)4-2-8-18-13/h1-5,8-9H,6-7,17H2. The third-order valence-corrected chi connectivity index (χ3v) is 3.93. The lowest BCUT2D eigenvalue weighted by Gasteiger charge is -2.09. The zero-order valence-corrected chi connectivity index (χ0v) is 11.5. The van der Waals surface area contributed by atoms with E-state index in [0.29, 0.717) is 11.7 Å². The highest BCUT2D eigenvalue weighted by molar-refractivity contribution is 6.35. The van der Waals surface area contributed by atoms with E-state index < -0.39 is 0 Å². The van der Waals surface area contributed by atoms with Crippen LogP contribution >= 0.6 is 11.6 Å². The molecule has 5 heteroatoms. The molecule has 100 valence electrons. The molecule has 3 aromatic rings. The Hall–Kier alpha value is -2.07. The van der Waals surface area contributed by atoms with Gasteiger partial charge in [0.25, 0.3) is 0 Å². The molecule has 4 rings (SSSR count). The van der Waals surface area contributed by atoms with Crippen LogP contribution in [0.1, 0.15) is 18.9 Å². The third kappa shape index (κ3) is 1.68. The SMILES string of the molecule is Nc1cccnc1-c1nc2cccc(Cl)c2n1C1CC1. The molecule has 0 spiro atoms. The van der Waals surface area contributed by atoms with E-state index in [2.05, 4.69) is 9.55 Å². The lowest BCUT2D eigenvalue weighted by Crippen LogP contribution is -2.01. The van der Waals surface area contributed by atoms with E-state index in [1.54, 1.807) is 6.20 Å². The highest BCUT2D eigenvalue weighted by atomic mass is 35.5. The Morgan fingerprint density at radius 2 is 2.05 bits per heavy atom. The number of nitrogens with zero attached hydrogens (tertiary/aromatic N) is 3. The third-order valence-electron chi connectivity index (χ3n) is 3.62. The van der Waals surface area contributed by atoms with Crippen LogP contribution < -0.4 is 5.73 Å². The molecule has 2 heterocycles. The molecule has 0 saturated heterocycles. The van der Waals surface area contributed by atoms with Gasteiger partial charge in [0.2, 0.25) is 0 Å². The number of hydrogen-bond donors (Lipinski definition) is 1. The van der Waals surface area contributed by atoms with Crippen LogP contribution in [-0.4, -0.2) is 14.5 Å². The van der Waals surface area contributed by atoms with Crippen molar-refractivity contribution >= 4 is 28.3 Å². The minimum atomic E-state index is 0.455. The first-order valence-corrected chi connectivity index (χ1v) is 7.01. The summed E-state index contributed by atoms with van der Waals surface area (Å²) >= 11 is 6.36. The molecule has 1 fully saturated rings. The van der Waals surface area contributed by atoms with Gasteiger partial charge in [0.05, 0.1) is 21.7 Å². The van der Waals surface area contributed by atoms with Crippen molar-refractivity contribution < 1.29 is 0 Å². The summed E-state index contributed by atoms with van der Waals surface area (Å²) < 4.78 is 2.19. The first-order chi connectivity index (χ1) is 9.75. The van der Waals surface area contributed by atoms with Crippen molar-refractivity contribution in [3.63, 3.8) is 0 Å². The fraction of sp³-hybridized carbons (Fsp3) is 0.200. The number of benzene rings is 1. The van der Waals surface area contributed by atoms with E-state index in [-0.39, 0.29) is 0 Å². The summed E-state index contributed by atoms with van der Waals surface area (Å²) in [5.74, 6) is 0.814. The van der Waals surface area contributed by atoms with Gasteiger partial charge in [-0.05, 0) is 37.1 Å². The minimum Gasteiger partial charge on any atom is -0.397 e. The smallest absolute Gasteiger partial charge is 0.162 e. The van der Waals surface area contributed by atoms with E-state index in [0.717, 1.165) is 40.4 Å². The van der Waals surface area contributed by atoms with E-state index in [1.165, 1.54) is 0 Å². The van der Waals surface area contributed by atoms with E-state index >= 15 is 0 Å². The lowest BCUT2D eigenvalue weighted by atomic mass is 10.3. The van der Waals surface area contributed by atoms with E-state index in [9.17, 15) is 0 Å². The molecule has 1 aliphatic rings. The number of fused-ring (bicyclic) bond motifs is 1. The molecule has 0 atom stereocenters. The van der Waals surface area contributed by atoms with Crippen molar-refractivity contribution in [3.05, 3.63) is 41.6 Å². The Morgan fingerprint density at radius 3 is 2.80 bits per heavy atom. The number of rotatable bonds is 2. The predicted molar refractivity (Wildman–Crippen MR) is 80.7 cm³/mol. The minimum absolute atomic E-state index is 0.455. The largest absolute Gasteiger partial charge is 0.397 e. The summed E-state index contributed by atoms with van der Waals surface area (Å²) in [5.41, 5.74) is 9.30. The Labute approximate surface area is 121 Å². The van der Waals surface area contributed by atoms with Gasteiger partial charge in [0.15, 0.2) is 5.82 Å². The second kappa shape index (κ2) is 4.21. The van der Waals surface area contributed by atoms with Gasteiger partial charge in [0.1, 0.15) is 5.69 Å². The van der Waals surface area contributed by atoms with Crippen LogP contribution in [0.4, 0.5) is 5.69 Å². The molecule has 0 amide bonds. The zero-order chi connectivity index (χ0) is 13.7. The summed E-state index contributed by atoms with van der Waals surface area (Å²) in [6.07, 6.45) is 4.04. The molecule has 0 bridgehead atoms. The number of halogens is 1. The molecule has 0 radical (unpaired) electrons. The maximum atomic E-state index is 6.36. The summed E-state index contributed by atoms with van der Waals surface area (Å²) in [7, 11) is 0. The normalized spacial score (nSPS) is 14.8. The number of imidazole rings is 1. The van der Waals surface area contributed by atoms with Crippen molar-refractivity contribution in [1.82, 2.24) is 14.5 Å². The van der Waals surface area contributed by atoms with Crippen LogP contribution in [0.2, 0.25) is 5.02 Å². The molecule has 2 N–H and O–H groups in total. The van der Waals surface area contributed by atoms with E-state index in [1.807, 2.05) is 30.3 Å². The van der Waals surface area contributed by atoms with Gasteiger partial charge in [-0.15, -0.1) is 0 Å². The molecule has 1 aromatic carbocycles. The maximum absolute atomic E-state index is 6.36. The number of nitrogens with two attached hydrogens (primary N) is 1. The predicted octanol–water partition coefficient (Wildman–Crippen LogP) is 3.67.